The van der Waals surface area contributed by atoms with E-state index in [1.165, 1.54) is 6.42 Å². The van der Waals surface area contributed by atoms with Gasteiger partial charge in [-0.3, -0.25) is 14.9 Å². The molecule has 8 nitrogen and oxygen atoms in total. The van der Waals surface area contributed by atoms with Gasteiger partial charge < -0.3 is 14.1 Å². The Labute approximate surface area is 169 Å². The smallest absolute Gasteiger partial charge is 0.322 e. The number of carbonyl (C=O) groups excluding carboxylic acids is 2. The van der Waals surface area contributed by atoms with Crippen molar-refractivity contribution in [1.82, 2.24) is 10.2 Å². The lowest BCUT2D eigenvalue weighted by molar-refractivity contribution is -0.121. The van der Waals surface area contributed by atoms with Crippen LogP contribution in [0.15, 0.2) is 28.7 Å². The van der Waals surface area contributed by atoms with Crippen LogP contribution >= 0.6 is 0 Å². The maximum atomic E-state index is 12.5. The zero-order chi connectivity index (χ0) is 20.2. The zero-order valence-electron chi connectivity index (χ0n) is 16.6. The van der Waals surface area contributed by atoms with E-state index in [1.54, 1.807) is 4.90 Å². The molecule has 2 aliphatic rings. The minimum absolute atomic E-state index is 0.00477. The van der Waals surface area contributed by atoms with Gasteiger partial charge >= 0.3 is 6.01 Å². The fraction of sp³-hybridized carbons (Fsp3) is 0.524. The van der Waals surface area contributed by atoms with Gasteiger partial charge in [-0.25, -0.2) is 0 Å². The Morgan fingerprint density at radius 2 is 1.97 bits per heavy atom. The number of ether oxygens (including phenoxy) is 1. The predicted molar refractivity (Wildman–Crippen MR) is 107 cm³/mol. The summed E-state index contributed by atoms with van der Waals surface area (Å²) < 4.78 is 11.1. The number of rotatable bonds is 6. The van der Waals surface area contributed by atoms with Crippen molar-refractivity contribution in [1.29, 1.82) is 0 Å². The van der Waals surface area contributed by atoms with Gasteiger partial charge in [-0.15, -0.1) is 5.10 Å². The third-order valence-electron chi connectivity index (χ3n) is 5.58. The summed E-state index contributed by atoms with van der Waals surface area (Å²) in [7, 11) is 0. The lowest BCUT2D eigenvalue weighted by Crippen LogP contribution is -2.24. The first kappa shape index (κ1) is 19.4. The Bertz CT molecular complexity index is 858. The van der Waals surface area contributed by atoms with Crippen LogP contribution in [0.4, 0.5) is 11.7 Å². The van der Waals surface area contributed by atoms with Crippen LogP contribution in [0, 0.1) is 5.92 Å². The summed E-state index contributed by atoms with van der Waals surface area (Å²) in [5, 5.41) is 10.8. The van der Waals surface area contributed by atoms with Gasteiger partial charge in [-0.2, -0.15) is 0 Å². The number of benzene rings is 1. The number of aromatic nitrogens is 2. The van der Waals surface area contributed by atoms with Gasteiger partial charge in [-0.05, 0) is 44.0 Å². The van der Waals surface area contributed by atoms with Crippen molar-refractivity contribution < 1.29 is 18.7 Å². The van der Waals surface area contributed by atoms with Crippen LogP contribution in [-0.2, 0) is 9.59 Å². The van der Waals surface area contributed by atoms with E-state index in [2.05, 4.69) is 15.5 Å². The molecule has 2 aromatic rings. The molecule has 0 radical (unpaired) electrons. The molecule has 4 rings (SSSR count). The van der Waals surface area contributed by atoms with Crippen LogP contribution in [0.5, 0.6) is 5.75 Å². The fourth-order valence-corrected chi connectivity index (χ4v) is 4.03. The Hall–Kier alpha value is -2.90. The van der Waals surface area contributed by atoms with Crippen molar-refractivity contribution in [2.24, 2.45) is 5.92 Å². The Balaban J connectivity index is 1.38. The lowest BCUT2D eigenvalue weighted by atomic mass is 9.89. The third-order valence-corrected chi connectivity index (χ3v) is 5.58. The topological polar surface area (TPSA) is 97.6 Å². The normalized spacial score (nSPS) is 20.1. The predicted octanol–water partition coefficient (Wildman–Crippen LogP) is 3.51. The molecule has 0 bridgehead atoms. The van der Waals surface area contributed by atoms with Crippen LogP contribution in [-0.4, -0.2) is 35.2 Å². The van der Waals surface area contributed by atoms with E-state index in [0.717, 1.165) is 37.1 Å². The summed E-state index contributed by atoms with van der Waals surface area (Å²) >= 11 is 0. The summed E-state index contributed by atoms with van der Waals surface area (Å²) in [6.07, 6.45) is 5.46. The Morgan fingerprint density at radius 3 is 2.69 bits per heavy atom. The van der Waals surface area contributed by atoms with Crippen molar-refractivity contribution in [2.75, 3.05) is 23.4 Å². The van der Waals surface area contributed by atoms with Crippen LogP contribution in [0.1, 0.15) is 57.3 Å². The molecule has 1 aliphatic carbocycles. The summed E-state index contributed by atoms with van der Waals surface area (Å²) in [4.78, 5) is 26.6. The van der Waals surface area contributed by atoms with Crippen LogP contribution in [0.25, 0.3) is 0 Å². The highest BCUT2D eigenvalue weighted by Gasteiger charge is 2.35. The fourth-order valence-electron chi connectivity index (χ4n) is 4.03. The van der Waals surface area contributed by atoms with Crippen molar-refractivity contribution in [3.8, 4) is 5.75 Å². The number of amides is 2. The third kappa shape index (κ3) is 4.41. The molecule has 0 unspecified atom stereocenters. The number of carbonyl (C=O) groups is 2. The highest BCUT2D eigenvalue weighted by molar-refractivity contribution is 5.96. The second-order valence-corrected chi connectivity index (χ2v) is 7.60. The molecular weight excluding hydrogens is 372 g/mol. The number of anilines is 2. The van der Waals surface area contributed by atoms with Gasteiger partial charge in [0.25, 0.3) is 0 Å². The van der Waals surface area contributed by atoms with Gasteiger partial charge in [0.05, 0.1) is 12.5 Å². The molecule has 1 aromatic carbocycles. The maximum absolute atomic E-state index is 12.5. The molecule has 1 N–H and O–H groups in total. The second kappa shape index (κ2) is 8.63. The molecule has 2 amide bonds. The minimum atomic E-state index is -0.193. The van der Waals surface area contributed by atoms with Gasteiger partial charge in [0.2, 0.25) is 17.7 Å². The second-order valence-electron chi connectivity index (χ2n) is 7.60. The average Bonchev–Trinajstić information content (AvgIpc) is 3.36. The van der Waals surface area contributed by atoms with Crippen molar-refractivity contribution in [3.05, 3.63) is 30.2 Å². The number of hydrogen-bond donors (Lipinski definition) is 1. The molecule has 2 heterocycles. The summed E-state index contributed by atoms with van der Waals surface area (Å²) in [6.45, 7) is 2.99. The highest BCUT2D eigenvalue weighted by atomic mass is 16.5. The molecule has 1 atom stereocenters. The van der Waals surface area contributed by atoms with Crippen LogP contribution in [0.3, 0.4) is 0 Å². The molecule has 1 saturated heterocycles. The van der Waals surface area contributed by atoms with Gasteiger partial charge in [-0.1, -0.05) is 24.4 Å². The van der Waals surface area contributed by atoms with E-state index in [1.807, 2.05) is 31.2 Å². The van der Waals surface area contributed by atoms with Crippen molar-refractivity contribution in [2.45, 2.75) is 51.4 Å². The molecule has 2 fully saturated rings. The average molecular weight is 398 g/mol. The molecule has 1 saturated carbocycles. The quantitative estimate of drug-likeness (QED) is 0.800. The Kier molecular flexibility index (Phi) is 5.78. The van der Waals surface area contributed by atoms with Crippen LogP contribution in [0.2, 0.25) is 0 Å². The standard InChI is InChI=1S/C21H26N4O4/c1-2-28-17-10-8-16(9-11-17)25-13-15(12-18(25)26)20-23-24-21(29-20)22-19(27)14-6-4-3-5-7-14/h8-11,14-15H,2-7,12-13H2,1H3,(H,22,24,27)/t15-/m1/s1. The van der Waals surface area contributed by atoms with E-state index in [-0.39, 0.29) is 29.7 Å². The van der Waals surface area contributed by atoms with E-state index in [0.29, 0.717) is 25.5 Å². The highest BCUT2D eigenvalue weighted by Crippen LogP contribution is 2.32. The molecular formula is C21H26N4O4. The first-order valence-electron chi connectivity index (χ1n) is 10.3. The van der Waals surface area contributed by atoms with E-state index in [4.69, 9.17) is 9.15 Å². The van der Waals surface area contributed by atoms with E-state index < -0.39 is 0 Å². The summed E-state index contributed by atoms with van der Waals surface area (Å²) in [5.41, 5.74) is 0.811. The zero-order valence-corrected chi connectivity index (χ0v) is 16.6. The minimum Gasteiger partial charge on any atom is -0.494 e. The van der Waals surface area contributed by atoms with Gasteiger partial charge in [0.15, 0.2) is 0 Å². The molecule has 1 aliphatic heterocycles. The first-order chi connectivity index (χ1) is 14.1. The van der Waals surface area contributed by atoms with Crippen molar-refractivity contribution >= 4 is 23.5 Å². The monoisotopic (exact) mass is 398 g/mol. The summed E-state index contributed by atoms with van der Waals surface area (Å²) in [5.74, 6) is 0.924. The number of nitrogens with zero attached hydrogens (tertiary/aromatic N) is 3. The van der Waals surface area contributed by atoms with Crippen LogP contribution < -0.4 is 15.0 Å². The first-order valence-corrected chi connectivity index (χ1v) is 10.3. The maximum Gasteiger partial charge on any atom is 0.322 e. The molecule has 0 spiro atoms. The molecule has 29 heavy (non-hydrogen) atoms. The molecule has 154 valence electrons. The largest absolute Gasteiger partial charge is 0.494 e. The molecule has 8 heteroatoms. The van der Waals surface area contributed by atoms with E-state index >= 15 is 0 Å². The number of hydrogen-bond acceptors (Lipinski definition) is 6. The van der Waals surface area contributed by atoms with Gasteiger partial charge in [0.1, 0.15) is 5.75 Å². The lowest BCUT2D eigenvalue weighted by Gasteiger charge is -2.19. The van der Waals surface area contributed by atoms with E-state index in [9.17, 15) is 9.59 Å². The van der Waals surface area contributed by atoms with Crippen molar-refractivity contribution in [3.63, 3.8) is 0 Å². The Morgan fingerprint density at radius 1 is 1.21 bits per heavy atom. The SMILES string of the molecule is CCOc1ccc(N2C[C@H](c3nnc(NC(=O)C4CCCCC4)o3)CC2=O)cc1. The van der Waals surface area contributed by atoms with Gasteiger partial charge in [0, 0.05) is 24.6 Å². The molecule has 1 aromatic heterocycles. The number of nitrogens with one attached hydrogen (secondary N) is 1. The summed E-state index contributed by atoms with van der Waals surface area (Å²) in [6, 6.07) is 7.56.